The molecule has 0 aliphatic carbocycles. The molecule has 0 spiro atoms. The Kier molecular flexibility index (Phi) is 3.89. The zero-order valence-electron chi connectivity index (χ0n) is 11.4. The van der Waals surface area contributed by atoms with Gasteiger partial charge in [0.25, 0.3) is 0 Å². The Morgan fingerprint density at radius 3 is 2.45 bits per heavy atom. The SMILES string of the molecule is Cc1ccc(C)c(C(=O)/C=C/c2ccc(O)c(O)c2)c1. The maximum absolute atomic E-state index is 12.1. The molecule has 102 valence electrons. The standard InChI is InChI=1S/C17H16O3/c1-11-3-4-12(2)14(9-11)15(18)7-5-13-6-8-16(19)17(20)10-13/h3-10,19-20H,1-2H3/b7-5+. The molecule has 0 atom stereocenters. The molecule has 0 aliphatic heterocycles. The third-order valence-corrected chi connectivity index (χ3v) is 3.09. The maximum atomic E-state index is 12.1. The highest BCUT2D eigenvalue weighted by Gasteiger charge is 2.06. The van der Waals surface area contributed by atoms with Crippen molar-refractivity contribution in [2.45, 2.75) is 13.8 Å². The number of phenols is 2. The third-order valence-electron chi connectivity index (χ3n) is 3.09. The Balaban J connectivity index is 2.24. The van der Waals surface area contributed by atoms with Crippen LogP contribution in [0.3, 0.4) is 0 Å². The molecule has 0 unspecified atom stereocenters. The van der Waals surface area contributed by atoms with Crippen LogP contribution in [0, 0.1) is 13.8 Å². The molecule has 2 N–H and O–H groups in total. The van der Waals surface area contributed by atoms with Crippen LogP contribution in [0.4, 0.5) is 0 Å². The van der Waals surface area contributed by atoms with Crippen LogP contribution < -0.4 is 0 Å². The van der Waals surface area contributed by atoms with Gasteiger partial charge in [-0.15, -0.1) is 0 Å². The molecule has 20 heavy (non-hydrogen) atoms. The number of aromatic hydroxyl groups is 2. The summed E-state index contributed by atoms with van der Waals surface area (Å²) in [4.78, 5) is 12.1. The molecule has 0 amide bonds. The molecule has 3 heteroatoms. The van der Waals surface area contributed by atoms with E-state index in [1.54, 1.807) is 12.1 Å². The first-order valence-corrected chi connectivity index (χ1v) is 6.29. The van der Waals surface area contributed by atoms with Crippen molar-refractivity contribution in [1.29, 1.82) is 0 Å². The van der Waals surface area contributed by atoms with E-state index in [-0.39, 0.29) is 17.3 Å². The van der Waals surface area contributed by atoms with Crippen molar-refractivity contribution in [3.8, 4) is 11.5 Å². The molecule has 0 saturated carbocycles. The van der Waals surface area contributed by atoms with E-state index in [0.717, 1.165) is 11.1 Å². The predicted molar refractivity (Wildman–Crippen MR) is 79.1 cm³/mol. The molecular weight excluding hydrogens is 252 g/mol. The van der Waals surface area contributed by atoms with Crippen molar-refractivity contribution in [1.82, 2.24) is 0 Å². The van der Waals surface area contributed by atoms with Crippen molar-refractivity contribution >= 4 is 11.9 Å². The lowest BCUT2D eigenvalue weighted by molar-refractivity contribution is 0.104. The van der Waals surface area contributed by atoms with E-state index in [0.29, 0.717) is 11.1 Å². The van der Waals surface area contributed by atoms with Crippen LogP contribution in [0.2, 0.25) is 0 Å². The van der Waals surface area contributed by atoms with Crippen molar-refractivity contribution in [2.75, 3.05) is 0 Å². The summed E-state index contributed by atoms with van der Waals surface area (Å²) in [5, 5.41) is 18.6. The number of carbonyl (C=O) groups excluding carboxylic acids is 1. The molecule has 3 nitrogen and oxygen atoms in total. The minimum Gasteiger partial charge on any atom is -0.504 e. The number of ketones is 1. The summed E-state index contributed by atoms with van der Waals surface area (Å²) in [6.07, 6.45) is 3.08. The molecule has 2 aromatic carbocycles. The van der Waals surface area contributed by atoms with E-state index in [1.165, 1.54) is 18.2 Å². The Hall–Kier alpha value is -2.55. The second kappa shape index (κ2) is 5.61. The summed E-state index contributed by atoms with van der Waals surface area (Å²) in [6.45, 7) is 3.84. The van der Waals surface area contributed by atoms with Gasteiger partial charge in [-0.25, -0.2) is 0 Å². The highest BCUT2D eigenvalue weighted by molar-refractivity contribution is 6.07. The first-order chi connectivity index (χ1) is 9.47. The normalized spacial score (nSPS) is 10.9. The molecule has 0 bridgehead atoms. The minimum atomic E-state index is -0.202. The average Bonchev–Trinajstić information content (AvgIpc) is 2.42. The largest absolute Gasteiger partial charge is 0.504 e. The maximum Gasteiger partial charge on any atom is 0.186 e. The zero-order valence-corrected chi connectivity index (χ0v) is 11.4. The minimum absolute atomic E-state index is 0.0845. The quantitative estimate of drug-likeness (QED) is 0.508. The van der Waals surface area contributed by atoms with Gasteiger partial charge in [-0.3, -0.25) is 4.79 Å². The Bertz CT molecular complexity index is 685. The topological polar surface area (TPSA) is 57.5 Å². The molecule has 2 aromatic rings. The average molecular weight is 268 g/mol. The zero-order chi connectivity index (χ0) is 14.7. The predicted octanol–water partition coefficient (Wildman–Crippen LogP) is 3.61. The van der Waals surface area contributed by atoms with Gasteiger partial charge in [0, 0.05) is 5.56 Å². The van der Waals surface area contributed by atoms with Crippen molar-refractivity contribution < 1.29 is 15.0 Å². The summed E-state index contributed by atoms with van der Waals surface area (Å²) in [7, 11) is 0. The van der Waals surface area contributed by atoms with Crippen LogP contribution in [-0.4, -0.2) is 16.0 Å². The van der Waals surface area contributed by atoms with Crippen LogP contribution in [-0.2, 0) is 0 Å². The summed E-state index contributed by atoms with van der Waals surface area (Å²) in [6, 6.07) is 10.2. The highest BCUT2D eigenvalue weighted by Crippen LogP contribution is 2.25. The lowest BCUT2D eigenvalue weighted by Gasteiger charge is -2.03. The lowest BCUT2D eigenvalue weighted by atomic mass is 10.0. The number of hydrogen-bond acceptors (Lipinski definition) is 3. The van der Waals surface area contributed by atoms with E-state index in [9.17, 15) is 15.0 Å². The van der Waals surface area contributed by atoms with Gasteiger partial charge < -0.3 is 10.2 Å². The molecular formula is C17H16O3. The van der Waals surface area contributed by atoms with E-state index >= 15 is 0 Å². The summed E-state index contributed by atoms with van der Waals surface area (Å²) in [5.41, 5.74) is 3.29. The Labute approximate surface area is 117 Å². The van der Waals surface area contributed by atoms with Gasteiger partial charge in [-0.1, -0.05) is 29.8 Å². The van der Waals surface area contributed by atoms with E-state index < -0.39 is 0 Å². The van der Waals surface area contributed by atoms with Gasteiger partial charge in [-0.2, -0.15) is 0 Å². The van der Waals surface area contributed by atoms with Gasteiger partial charge in [0.15, 0.2) is 17.3 Å². The van der Waals surface area contributed by atoms with Gasteiger partial charge in [-0.05, 0) is 49.2 Å². The third kappa shape index (κ3) is 3.06. The Morgan fingerprint density at radius 2 is 1.75 bits per heavy atom. The number of allylic oxidation sites excluding steroid dienone is 1. The molecule has 2 rings (SSSR count). The van der Waals surface area contributed by atoms with Crippen molar-refractivity contribution in [3.63, 3.8) is 0 Å². The highest BCUT2D eigenvalue weighted by atomic mass is 16.3. The van der Waals surface area contributed by atoms with Gasteiger partial charge in [0.05, 0.1) is 0 Å². The molecule has 0 aliphatic rings. The molecule has 0 fully saturated rings. The fourth-order valence-electron chi connectivity index (χ4n) is 1.91. The number of hydrogen-bond donors (Lipinski definition) is 2. The number of rotatable bonds is 3. The van der Waals surface area contributed by atoms with Gasteiger partial charge >= 0.3 is 0 Å². The molecule has 0 saturated heterocycles. The smallest absolute Gasteiger partial charge is 0.186 e. The summed E-state index contributed by atoms with van der Waals surface area (Å²) in [5.74, 6) is -0.465. The number of phenolic OH excluding ortho intramolecular Hbond substituents is 2. The molecule has 0 aromatic heterocycles. The summed E-state index contributed by atoms with van der Waals surface area (Å²) < 4.78 is 0. The Morgan fingerprint density at radius 1 is 1.00 bits per heavy atom. The van der Waals surface area contributed by atoms with E-state index in [2.05, 4.69) is 0 Å². The van der Waals surface area contributed by atoms with Crippen LogP contribution in [0.5, 0.6) is 11.5 Å². The monoisotopic (exact) mass is 268 g/mol. The van der Waals surface area contributed by atoms with Gasteiger partial charge in [0.1, 0.15) is 0 Å². The first kappa shape index (κ1) is 13.9. The first-order valence-electron chi connectivity index (χ1n) is 6.29. The van der Waals surface area contributed by atoms with Crippen LogP contribution >= 0.6 is 0 Å². The van der Waals surface area contributed by atoms with E-state index in [4.69, 9.17) is 0 Å². The fourth-order valence-corrected chi connectivity index (χ4v) is 1.91. The number of aryl methyl sites for hydroxylation is 2. The number of benzene rings is 2. The molecule has 0 heterocycles. The van der Waals surface area contributed by atoms with Gasteiger partial charge in [0.2, 0.25) is 0 Å². The van der Waals surface area contributed by atoms with Crippen LogP contribution in [0.1, 0.15) is 27.0 Å². The second-order valence-electron chi connectivity index (χ2n) is 4.76. The summed E-state index contributed by atoms with van der Waals surface area (Å²) >= 11 is 0. The fraction of sp³-hybridized carbons (Fsp3) is 0.118. The van der Waals surface area contributed by atoms with Crippen LogP contribution in [0.15, 0.2) is 42.5 Å². The van der Waals surface area contributed by atoms with Crippen molar-refractivity contribution in [2.24, 2.45) is 0 Å². The van der Waals surface area contributed by atoms with E-state index in [1.807, 2.05) is 32.0 Å². The second-order valence-corrected chi connectivity index (χ2v) is 4.76. The lowest BCUT2D eigenvalue weighted by Crippen LogP contribution is -1.98. The van der Waals surface area contributed by atoms with Crippen LogP contribution in [0.25, 0.3) is 6.08 Å². The van der Waals surface area contributed by atoms with Crippen molar-refractivity contribution in [3.05, 3.63) is 64.7 Å². The number of carbonyl (C=O) groups is 1. The molecule has 0 radical (unpaired) electrons.